The zero-order valence-corrected chi connectivity index (χ0v) is 9.87. The molecule has 2 rings (SSSR count). The maximum absolute atomic E-state index is 11.4. The first-order valence-corrected chi connectivity index (χ1v) is 5.58. The van der Waals surface area contributed by atoms with Gasteiger partial charge in [0.25, 0.3) is 0 Å². The van der Waals surface area contributed by atoms with E-state index in [1.54, 1.807) is 6.92 Å². The smallest absolute Gasteiger partial charge is 0.422 e. The van der Waals surface area contributed by atoms with E-state index in [9.17, 15) is 9.59 Å². The standard InChI is InChI=1S/C12H14N2O4/c1-8-10(11(15)16)14(8)13-12(17)18-7-9-5-3-2-4-6-9/h2-6,8,10H,7H2,1H3,(H,13,17)(H,15,16)/t8-,10-,14?/m0/s1. The number of aliphatic carboxylic acids is 1. The maximum atomic E-state index is 11.4. The molecule has 0 radical (unpaired) electrons. The lowest BCUT2D eigenvalue weighted by molar-refractivity contribution is -0.137. The van der Waals surface area contributed by atoms with Crippen molar-refractivity contribution in [1.82, 2.24) is 10.4 Å². The Bertz CT molecular complexity index is 449. The van der Waals surface area contributed by atoms with Gasteiger partial charge in [0.15, 0.2) is 0 Å². The normalized spacial score (nSPS) is 25.3. The topological polar surface area (TPSA) is 78.6 Å². The van der Waals surface area contributed by atoms with Crippen LogP contribution in [0.15, 0.2) is 30.3 Å². The van der Waals surface area contributed by atoms with Crippen LogP contribution in [-0.2, 0) is 16.1 Å². The summed E-state index contributed by atoms with van der Waals surface area (Å²) in [5.74, 6) is -0.953. The van der Waals surface area contributed by atoms with E-state index >= 15 is 0 Å². The van der Waals surface area contributed by atoms with Gasteiger partial charge in [-0.15, -0.1) is 0 Å². The van der Waals surface area contributed by atoms with Crippen LogP contribution in [0.5, 0.6) is 0 Å². The van der Waals surface area contributed by atoms with Gasteiger partial charge in [0, 0.05) is 0 Å². The molecule has 0 aliphatic carbocycles. The summed E-state index contributed by atoms with van der Waals surface area (Å²) < 4.78 is 4.97. The van der Waals surface area contributed by atoms with E-state index in [4.69, 9.17) is 9.84 Å². The van der Waals surface area contributed by atoms with Crippen LogP contribution in [0.1, 0.15) is 12.5 Å². The Hall–Kier alpha value is -2.08. The van der Waals surface area contributed by atoms with E-state index in [-0.39, 0.29) is 12.6 Å². The average molecular weight is 250 g/mol. The van der Waals surface area contributed by atoms with Crippen molar-refractivity contribution >= 4 is 12.1 Å². The number of hydrogen-bond donors (Lipinski definition) is 2. The minimum Gasteiger partial charge on any atom is -0.480 e. The third kappa shape index (κ3) is 2.78. The summed E-state index contributed by atoms with van der Waals surface area (Å²) >= 11 is 0. The first-order valence-electron chi connectivity index (χ1n) is 5.58. The van der Waals surface area contributed by atoms with Crippen molar-refractivity contribution in [1.29, 1.82) is 0 Å². The van der Waals surface area contributed by atoms with E-state index in [0.29, 0.717) is 0 Å². The molecule has 3 atom stereocenters. The van der Waals surface area contributed by atoms with Gasteiger partial charge < -0.3 is 9.84 Å². The quantitative estimate of drug-likeness (QED) is 0.779. The molecule has 0 saturated carbocycles. The third-order valence-electron chi connectivity index (χ3n) is 2.79. The Balaban J connectivity index is 1.75. The van der Waals surface area contributed by atoms with Gasteiger partial charge in [0.05, 0.1) is 6.04 Å². The second kappa shape index (κ2) is 5.05. The van der Waals surface area contributed by atoms with Crippen molar-refractivity contribution in [2.24, 2.45) is 0 Å². The second-order valence-corrected chi connectivity index (χ2v) is 4.10. The van der Waals surface area contributed by atoms with Crippen LogP contribution in [0.3, 0.4) is 0 Å². The number of rotatable bonds is 4. The second-order valence-electron chi connectivity index (χ2n) is 4.10. The van der Waals surface area contributed by atoms with Crippen LogP contribution in [0, 0.1) is 0 Å². The molecule has 1 unspecified atom stereocenters. The first kappa shape index (κ1) is 12.4. The summed E-state index contributed by atoms with van der Waals surface area (Å²) in [5.41, 5.74) is 3.27. The maximum Gasteiger partial charge on any atom is 0.422 e. The fourth-order valence-electron chi connectivity index (χ4n) is 1.71. The molecular weight excluding hydrogens is 236 g/mol. The molecule has 1 aliphatic rings. The molecule has 0 aromatic heterocycles. The predicted octanol–water partition coefficient (Wildman–Crippen LogP) is 0.985. The summed E-state index contributed by atoms with van der Waals surface area (Å²) in [6, 6.07) is 8.40. The largest absolute Gasteiger partial charge is 0.480 e. The van der Waals surface area contributed by atoms with Crippen LogP contribution in [0.2, 0.25) is 0 Å². The third-order valence-corrected chi connectivity index (χ3v) is 2.79. The van der Waals surface area contributed by atoms with Crippen molar-refractivity contribution in [3.05, 3.63) is 35.9 Å². The average Bonchev–Trinajstić information content (AvgIpc) is 2.98. The number of carboxylic acid groups (broad SMARTS) is 1. The molecular formula is C12H14N2O4. The van der Waals surface area contributed by atoms with Crippen LogP contribution in [-0.4, -0.2) is 34.3 Å². The van der Waals surface area contributed by atoms with Gasteiger partial charge in [0.2, 0.25) is 0 Å². The van der Waals surface area contributed by atoms with Crippen LogP contribution >= 0.6 is 0 Å². The van der Waals surface area contributed by atoms with Crippen molar-refractivity contribution in [2.75, 3.05) is 0 Å². The number of hydrazine groups is 1. The highest BCUT2D eigenvalue weighted by atomic mass is 16.6. The number of nitrogens with zero attached hydrogens (tertiary/aromatic N) is 1. The van der Waals surface area contributed by atoms with E-state index in [1.807, 2.05) is 30.3 Å². The van der Waals surface area contributed by atoms with Gasteiger partial charge in [-0.25, -0.2) is 4.79 Å². The Morgan fingerprint density at radius 3 is 2.61 bits per heavy atom. The lowest BCUT2D eigenvalue weighted by atomic mass is 10.2. The van der Waals surface area contributed by atoms with E-state index < -0.39 is 18.1 Å². The lowest BCUT2D eigenvalue weighted by Gasteiger charge is -2.07. The van der Waals surface area contributed by atoms with Crippen molar-refractivity contribution in [2.45, 2.75) is 25.6 Å². The molecule has 1 aromatic rings. The number of benzene rings is 1. The molecule has 6 heteroatoms. The minimum absolute atomic E-state index is 0.159. The van der Waals surface area contributed by atoms with E-state index in [0.717, 1.165) is 5.56 Å². The Kier molecular flexibility index (Phi) is 3.47. The molecule has 96 valence electrons. The summed E-state index contributed by atoms with van der Waals surface area (Å²) in [4.78, 5) is 22.1. The molecule has 1 heterocycles. The van der Waals surface area contributed by atoms with Gasteiger partial charge in [-0.1, -0.05) is 30.3 Å². The highest BCUT2D eigenvalue weighted by Crippen LogP contribution is 2.24. The SMILES string of the molecule is C[C@H]1[C@@H](C(=O)O)N1NC(=O)OCc1ccccc1. The molecule has 18 heavy (non-hydrogen) atoms. The van der Waals surface area contributed by atoms with Crippen LogP contribution in [0.4, 0.5) is 4.79 Å². The Morgan fingerprint density at radius 1 is 1.39 bits per heavy atom. The van der Waals surface area contributed by atoms with Crippen LogP contribution < -0.4 is 5.43 Å². The number of nitrogens with one attached hydrogen (secondary N) is 1. The highest BCUT2D eigenvalue weighted by Gasteiger charge is 2.51. The molecule has 2 N–H and O–H groups in total. The summed E-state index contributed by atoms with van der Waals surface area (Å²) in [5, 5.41) is 10.1. The highest BCUT2D eigenvalue weighted by molar-refractivity contribution is 5.79. The van der Waals surface area contributed by atoms with E-state index in [2.05, 4.69) is 5.43 Å². The number of ether oxygens (including phenoxy) is 1. The summed E-state index contributed by atoms with van der Waals surface area (Å²) in [7, 11) is 0. The number of carboxylic acids is 1. The molecule has 1 fully saturated rings. The van der Waals surface area contributed by atoms with Gasteiger partial charge in [-0.2, -0.15) is 5.01 Å². The molecule has 1 amide bonds. The fraction of sp³-hybridized carbons (Fsp3) is 0.333. The van der Waals surface area contributed by atoms with Crippen molar-refractivity contribution in [3.63, 3.8) is 0 Å². The number of carbonyl (C=O) groups excluding carboxylic acids is 1. The molecule has 0 bridgehead atoms. The number of amides is 1. The van der Waals surface area contributed by atoms with E-state index in [1.165, 1.54) is 5.01 Å². The number of hydrogen-bond acceptors (Lipinski definition) is 4. The molecule has 1 aliphatic heterocycles. The zero-order valence-electron chi connectivity index (χ0n) is 9.87. The molecule has 1 aromatic carbocycles. The first-order chi connectivity index (χ1) is 8.59. The van der Waals surface area contributed by atoms with Gasteiger partial charge in [-0.3, -0.25) is 10.2 Å². The minimum atomic E-state index is -0.953. The summed E-state index contributed by atoms with van der Waals surface area (Å²) in [6.45, 7) is 1.88. The Labute approximate surface area is 104 Å². The monoisotopic (exact) mass is 250 g/mol. The number of carbonyl (C=O) groups is 2. The van der Waals surface area contributed by atoms with Gasteiger partial charge in [0.1, 0.15) is 12.6 Å². The molecule has 1 saturated heterocycles. The van der Waals surface area contributed by atoms with Gasteiger partial charge >= 0.3 is 12.1 Å². The van der Waals surface area contributed by atoms with Crippen molar-refractivity contribution in [3.8, 4) is 0 Å². The summed E-state index contributed by atoms with van der Waals surface area (Å²) in [6.07, 6.45) is -0.644. The molecule has 0 spiro atoms. The Morgan fingerprint density at radius 2 is 2.06 bits per heavy atom. The van der Waals surface area contributed by atoms with Crippen LogP contribution in [0.25, 0.3) is 0 Å². The molecule has 6 nitrogen and oxygen atoms in total. The predicted molar refractivity (Wildman–Crippen MR) is 62.5 cm³/mol. The van der Waals surface area contributed by atoms with Crippen molar-refractivity contribution < 1.29 is 19.4 Å². The lowest BCUT2D eigenvalue weighted by Crippen LogP contribution is -2.32. The zero-order chi connectivity index (χ0) is 13.1. The fourth-order valence-corrected chi connectivity index (χ4v) is 1.71. The van der Waals surface area contributed by atoms with Gasteiger partial charge in [-0.05, 0) is 12.5 Å².